The molecule has 2 rings (SSSR count). The minimum atomic E-state index is -4.68. The summed E-state index contributed by atoms with van der Waals surface area (Å²) in [5, 5.41) is 11.4. The fourth-order valence-corrected chi connectivity index (χ4v) is 1.96. The molecule has 1 N–H and O–H groups in total. The van der Waals surface area contributed by atoms with E-state index in [-0.39, 0.29) is 5.56 Å². The zero-order valence-electron chi connectivity index (χ0n) is 9.57. The van der Waals surface area contributed by atoms with Crippen molar-refractivity contribution in [3.63, 3.8) is 0 Å². The number of aryl methyl sites for hydroxylation is 1. The molecule has 1 aromatic heterocycles. The highest BCUT2D eigenvalue weighted by molar-refractivity contribution is 6.13. The van der Waals surface area contributed by atoms with Crippen LogP contribution in [0.15, 0.2) is 35.6 Å². The first kappa shape index (κ1) is 12.5. The van der Waals surface area contributed by atoms with E-state index >= 15 is 0 Å². The third kappa shape index (κ3) is 1.94. The Labute approximate surface area is 101 Å². The molecule has 0 aliphatic carbocycles. The minimum absolute atomic E-state index is 0.109. The summed E-state index contributed by atoms with van der Waals surface area (Å²) in [7, 11) is 0. The first-order valence-electron chi connectivity index (χ1n) is 5.36. The largest absolute Gasteiger partial charge is 0.437 e. The molecule has 0 bridgehead atoms. The van der Waals surface area contributed by atoms with Crippen LogP contribution in [0.25, 0.3) is 10.9 Å². The predicted molar refractivity (Wildman–Crippen MR) is 62.0 cm³/mol. The van der Waals surface area contributed by atoms with E-state index in [4.69, 9.17) is 5.21 Å². The molecule has 0 saturated carbocycles. The highest BCUT2D eigenvalue weighted by Crippen LogP contribution is 2.29. The van der Waals surface area contributed by atoms with Gasteiger partial charge in [-0.3, -0.25) is 0 Å². The lowest BCUT2D eigenvalue weighted by Crippen LogP contribution is -2.23. The number of benzene rings is 1. The molecule has 6 heteroatoms. The van der Waals surface area contributed by atoms with Gasteiger partial charge in [-0.05, 0) is 13.0 Å². The number of fused-ring (bicyclic) bond motifs is 1. The Balaban J connectivity index is 2.72. The average molecular weight is 256 g/mol. The summed E-state index contributed by atoms with van der Waals surface area (Å²) >= 11 is 0. The van der Waals surface area contributed by atoms with E-state index in [1.54, 1.807) is 28.8 Å². The third-order valence-electron chi connectivity index (χ3n) is 2.75. The fraction of sp³-hybridized carbons (Fsp3) is 0.250. The molecule has 1 aromatic carbocycles. The lowest BCUT2D eigenvalue weighted by atomic mass is 10.1. The normalized spacial score (nSPS) is 13.2. The van der Waals surface area contributed by atoms with Gasteiger partial charge >= 0.3 is 6.18 Å². The molecule has 0 amide bonds. The van der Waals surface area contributed by atoms with Crippen LogP contribution in [-0.4, -0.2) is 21.7 Å². The molecule has 0 fully saturated rings. The van der Waals surface area contributed by atoms with Gasteiger partial charge < -0.3 is 9.77 Å². The molecule has 0 aliphatic rings. The molecular weight excluding hydrogens is 245 g/mol. The summed E-state index contributed by atoms with van der Waals surface area (Å²) in [6.07, 6.45) is -3.33. The molecule has 0 aliphatic heterocycles. The molecule has 0 atom stereocenters. The van der Waals surface area contributed by atoms with Gasteiger partial charge in [0, 0.05) is 29.2 Å². The number of nitrogens with zero attached hydrogens (tertiary/aromatic N) is 2. The van der Waals surface area contributed by atoms with Gasteiger partial charge in [0.25, 0.3) is 0 Å². The molecule has 0 saturated heterocycles. The molecule has 0 radical (unpaired) electrons. The van der Waals surface area contributed by atoms with Crippen molar-refractivity contribution in [2.75, 3.05) is 0 Å². The molecular formula is C12H11F3N2O. The van der Waals surface area contributed by atoms with Crippen LogP contribution < -0.4 is 0 Å². The second kappa shape index (κ2) is 4.36. The van der Waals surface area contributed by atoms with Gasteiger partial charge in [-0.2, -0.15) is 13.2 Å². The van der Waals surface area contributed by atoms with Crippen molar-refractivity contribution in [1.29, 1.82) is 0 Å². The summed E-state index contributed by atoms with van der Waals surface area (Å²) in [4.78, 5) is 0. The van der Waals surface area contributed by atoms with Gasteiger partial charge in [0.1, 0.15) is 0 Å². The summed E-state index contributed by atoms with van der Waals surface area (Å²) in [5.41, 5.74) is -0.700. The summed E-state index contributed by atoms with van der Waals surface area (Å²) < 4.78 is 39.9. The summed E-state index contributed by atoms with van der Waals surface area (Å²) in [5.74, 6) is 0. The Bertz CT molecular complexity index is 599. The monoisotopic (exact) mass is 256 g/mol. The second-order valence-electron chi connectivity index (χ2n) is 3.79. The smallest absolute Gasteiger partial charge is 0.410 e. The first-order chi connectivity index (χ1) is 8.49. The number of rotatable bonds is 2. The van der Waals surface area contributed by atoms with Crippen LogP contribution in [0.1, 0.15) is 12.5 Å². The van der Waals surface area contributed by atoms with E-state index in [0.29, 0.717) is 17.4 Å². The second-order valence-corrected chi connectivity index (χ2v) is 3.79. The maximum Gasteiger partial charge on any atom is 0.437 e. The van der Waals surface area contributed by atoms with Crippen LogP contribution in [-0.2, 0) is 6.54 Å². The van der Waals surface area contributed by atoms with Crippen molar-refractivity contribution in [2.24, 2.45) is 5.16 Å². The van der Waals surface area contributed by atoms with E-state index in [9.17, 15) is 13.2 Å². The number of hydrogen-bond acceptors (Lipinski definition) is 2. The molecule has 2 aromatic rings. The van der Waals surface area contributed by atoms with E-state index in [2.05, 4.69) is 5.16 Å². The van der Waals surface area contributed by atoms with Gasteiger partial charge in [0.2, 0.25) is 0 Å². The number of halogens is 3. The van der Waals surface area contributed by atoms with Gasteiger partial charge in [-0.1, -0.05) is 23.4 Å². The van der Waals surface area contributed by atoms with Crippen molar-refractivity contribution in [3.8, 4) is 0 Å². The van der Waals surface area contributed by atoms with Crippen LogP contribution >= 0.6 is 0 Å². The van der Waals surface area contributed by atoms with Gasteiger partial charge in [0.15, 0.2) is 5.71 Å². The number of alkyl halides is 3. The number of hydrogen-bond donors (Lipinski definition) is 1. The van der Waals surface area contributed by atoms with Crippen LogP contribution in [0.4, 0.5) is 13.2 Å². The van der Waals surface area contributed by atoms with Crippen molar-refractivity contribution >= 4 is 16.6 Å². The van der Waals surface area contributed by atoms with Gasteiger partial charge in [-0.15, -0.1) is 0 Å². The Kier molecular flexibility index (Phi) is 3.02. The van der Waals surface area contributed by atoms with E-state index < -0.39 is 11.9 Å². The maximum atomic E-state index is 12.7. The number of para-hydroxylation sites is 1. The van der Waals surface area contributed by atoms with Crippen LogP contribution in [0, 0.1) is 0 Å². The summed E-state index contributed by atoms with van der Waals surface area (Å²) in [6, 6.07) is 6.71. The van der Waals surface area contributed by atoms with Gasteiger partial charge in [0.05, 0.1) is 0 Å². The molecule has 1 heterocycles. The topological polar surface area (TPSA) is 37.5 Å². The Morgan fingerprint density at radius 1 is 1.33 bits per heavy atom. The predicted octanol–water partition coefficient (Wildman–Crippen LogP) is 3.40. The minimum Gasteiger partial charge on any atom is -0.410 e. The standard InChI is InChI=1S/C12H11F3N2O/c1-2-17-7-9(11(16-18)12(13,14)15)8-5-3-4-6-10(8)17/h3-7,18H,2H2,1H3/b16-11-. The SMILES string of the molecule is CCn1cc(/C(=N/O)C(F)(F)F)c2ccccc21. The highest BCUT2D eigenvalue weighted by Gasteiger charge is 2.39. The molecule has 18 heavy (non-hydrogen) atoms. The van der Waals surface area contributed by atoms with E-state index in [1.807, 2.05) is 6.92 Å². The van der Waals surface area contributed by atoms with Crippen LogP contribution in [0.2, 0.25) is 0 Å². The lowest BCUT2D eigenvalue weighted by molar-refractivity contribution is -0.0600. The Hall–Kier alpha value is -1.98. The van der Waals surface area contributed by atoms with Crippen molar-refractivity contribution in [3.05, 3.63) is 36.0 Å². The number of aromatic nitrogens is 1. The van der Waals surface area contributed by atoms with Crippen LogP contribution in [0.3, 0.4) is 0 Å². The molecule has 96 valence electrons. The molecule has 3 nitrogen and oxygen atoms in total. The van der Waals surface area contributed by atoms with Crippen LogP contribution in [0.5, 0.6) is 0 Å². The zero-order chi connectivity index (χ0) is 13.3. The fourth-order valence-electron chi connectivity index (χ4n) is 1.96. The Morgan fingerprint density at radius 3 is 2.56 bits per heavy atom. The maximum absolute atomic E-state index is 12.7. The van der Waals surface area contributed by atoms with E-state index in [1.165, 1.54) is 6.20 Å². The molecule has 0 spiro atoms. The Morgan fingerprint density at radius 2 is 2.00 bits per heavy atom. The molecule has 0 unspecified atom stereocenters. The highest BCUT2D eigenvalue weighted by atomic mass is 19.4. The average Bonchev–Trinajstić information content (AvgIpc) is 2.68. The van der Waals surface area contributed by atoms with Crippen molar-refractivity contribution in [1.82, 2.24) is 4.57 Å². The quantitative estimate of drug-likeness (QED) is 0.499. The van der Waals surface area contributed by atoms with Crippen molar-refractivity contribution < 1.29 is 18.4 Å². The first-order valence-corrected chi connectivity index (χ1v) is 5.36. The number of oxime groups is 1. The lowest BCUT2D eigenvalue weighted by Gasteiger charge is -2.06. The van der Waals surface area contributed by atoms with Gasteiger partial charge in [-0.25, -0.2) is 0 Å². The van der Waals surface area contributed by atoms with E-state index in [0.717, 1.165) is 0 Å². The zero-order valence-corrected chi connectivity index (χ0v) is 9.57. The van der Waals surface area contributed by atoms with Crippen molar-refractivity contribution in [2.45, 2.75) is 19.6 Å². The third-order valence-corrected chi connectivity index (χ3v) is 2.75. The summed E-state index contributed by atoms with van der Waals surface area (Å²) in [6.45, 7) is 2.37.